The summed E-state index contributed by atoms with van der Waals surface area (Å²) in [7, 11) is 0. The van der Waals surface area contributed by atoms with Crippen LogP contribution in [0, 0.1) is 10.1 Å². The molecule has 2 rings (SSSR count). The van der Waals surface area contributed by atoms with Crippen molar-refractivity contribution in [2.75, 3.05) is 5.32 Å². The number of carbonyl (C=O) groups excluding carboxylic acids is 1. The van der Waals surface area contributed by atoms with Crippen LogP contribution in [0.1, 0.15) is 10.4 Å². The van der Waals surface area contributed by atoms with Gasteiger partial charge in [-0.15, -0.1) is 0 Å². The zero-order valence-corrected chi connectivity index (χ0v) is 10.5. The Bertz CT molecular complexity index is 692. The minimum absolute atomic E-state index is 0.138. The molecule has 0 aliphatic rings. The van der Waals surface area contributed by atoms with Crippen LogP contribution in [0.15, 0.2) is 30.6 Å². The minimum Gasteiger partial charge on any atom is -0.504 e. The lowest BCUT2D eigenvalue weighted by atomic mass is 10.2. The molecule has 0 spiro atoms. The van der Waals surface area contributed by atoms with Gasteiger partial charge in [0.15, 0.2) is 11.6 Å². The molecule has 2 heterocycles. The van der Waals surface area contributed by atoms with E-state index < -0.39 is 16.6 Å². The van der Waals surface area contributed by atoms with Crippen LogP contribution in [-0.4, -0.2) is 25.9 Å². The molecule has 0 aliphatic carbocycles. The number of amides is 1. The summed E-state index contributed by atoms with van der Waals surface area (Å²) in [5.74, 6) is -1.27. The normalized spacial score (nSPS) is 10.1. The summed E-state index contributed by atoms with van der Waals surface area (Å²) in [5.41, 5.74) is -0.169. The van der Waals surface area contributed by atoms with Gasteiger partial charge in [0, 0.05) is 11.8 Å². The van der Waals surface area contributed by atoms with Crippen LogP contribution in [0.3, 0.4) is 0 Å². The number of aromatic hydroxyl groups is 1. The molecule has 9 heteroatoms. The first-order valence-corrected chi connectivity index (χ1v) is 5.61. The van der Waals surface area contributed by atoms with Gasteiger partial charge in [0.2, 0.25) is 0 Å². The summed E-state index contributed by atoms with van der Waals surface area (Å²) in [6.45, 7) is 0. The zero-order valence-electron chi connectivity index (χ0n) is 9.78. The largest absolute Gasteiger partial charge is 0.504 e. The Morgan fingerprint density at radius 1 is 1.40 bits per heavy atom. The summed E-state index contributed by atoms with van der Waals surface area (Å²) in [4.78, 5) is 29.0. The number of aromatic nitrogens is 2. The van der Waals surface area contributed by atoms with Crippen LogP contribution in [0.5, 0.6) is 5.75 Å². The summed E-state index contributed by atoms with van der Waals surface area (Å²) in [5, 5.41) is 22.5. The fourth-order valence-corrected chi connectivity index (χ4v) is 1.54. The molecular formula is C11H7ClN4O4. The molecule has 0 fully saturated rings. The van der Waals surface area contributed by atoms with Gasteiger partial charge in [-0.05, 0) is 12.1 Å². The molecule has 2 N–H and O–H groups in total. The highest BCUT2D eigenvalue weighted by atomic mass is 35.5. The third kappa shape index (κ3) is 2.98. The maximum absolute atomic E-state index is 11.9. The second-order valence-corrected chi connectivity index (χ2v) is 4.03. The fraction of sp³-hybridized carbons (Fsp3) is 0. The van der Waals surface area contributed by atoms with Crippen molar-refractivity contribution in [1.82, 2.24) is 9.97 Å². The molecule has 0 aliphatic heterocycles. The number of carbonyl (C=O) groups is 1. The maximum Gasteiger partial charge on any atom is 0.291 e. The number of rotatable bonds is 3. The Hall–Kier alpha value is -2.74. The topological polar surface area (TPSA) is 118 Å². The number of pyridine rings is 2. The van der Waals surface area contributed by atoms with Gasteiger partial charge in [-0.25, -0.2) is 9.97 Å². The fourth-order valence-electron chi connectivity index (χ4n) is 1.36. The van der Waals surface area contributed by atoms with Crippen LogP contribution in [0.4, 0.5) is 11.5 Å². The second kappa shape index (κ2) is 5.49. The van der Waals surface area contributed by atoms with Gasteiger partial charge in [0.25, 0.3) is 11.6 Å². The SMILES string of the molecule is O=C(Nc1ncc([N+](=O)[O-])cc1O)c1ccnc(Cl)c1. The van der Waals surface area contributed by atoms with Crippen molar-refractivity contribution in [2.24, 2.45) is 0 Å². The molecule has 8 nitrogen and oxygen atoms in total. The molecule has 1 amide bonds. The lowest BCUT2D eigenvalue weighted by molar-refractivity contribution is -0.385. The highest BCUT2D eigenvalue weighted by Crippen LogP contribution is 2.25. The maximum atomic E-state index is 11.9. The number of nitrogens with one attached hydrogen (secondary N) is 1. The molecule has 0 unspecified atom stereocenters. The standard InChI is InChI=1S/C11H7ClN4O4/c12-9-3-6(1-2-13-9)11(18)15-10-8(17)4-7(5-14-10)16(19)20/h1-5,17H,(H,14,15,18). The van der Waals surface area contributed by atoms with Gasteiger partial charge in [0.05, 0.1) is 11.0 Å². The Morgan fingerprint density at radius 3 is 2.75 bits per heavy atom. The number of anilines is 1. The van der Waals surface area contributed by atoms with Crippen molar-refractivity contribution >= 4 is 29.0 Å². The predicted molar refractivity (Wildman–Crippen MR) is 69.8 cm³/mol. The van der Waals surface area contributed by atoms with E-state index in [1.165, 1.54) is 18.3 Å². The summed E-state index contributed by atoms with van der Waals surface area (Å²) in [6.07, 6.45) is 2.27. The van der Waals surface area contributed by atoms with Crippen LogP contribution >= 0.6 is 11.6 Å². The molecule has 2 aromatic heterocycles. The average molecular weight is 295 g/mol. The molecule has 0 aromatic carbocycles. The van der Waals surface area contributed by atoms with Gasteiger partial charge in [-0.2, -0.15) is 0 Å². The second-order valence-electron chi connectivity index (χ2n) is 3.64. The first-order chi connectivity index (χ1) is 9.47. The summed E-state index contributed by atoms with van der Waals surface area (Å²) in [6, 6.07) is 3.64. The van der Waals surface area contributed by atoms with E-state index >= 15 is 0 Å². The number of hydrogen-bond acceptors (Lipinski definition) is 6. The Kier molecular flexibility index (Phi) is 3.76. The third-order valence-corrected chi connectivity index (χ3v) is 2.49. The zero-order chi connectivity index (χ0) is 14.7. The van der Waals surface area contributed by atoms with E-state index in [-0.39, 0.29) is 22.2 Å². The van der Waals surface area contributed by atoms with Crippen LogP contribution in [0.25, 0.3) is 0 Å². The smallest absolute Gasteiger partial charge is 0.291 e. The van der Waals surface area contributed by atoms with Gasteiger partial charge in [-0.1, -0.05) is 11.6 Å². The van der Waals surface area contributed by atoms with Gasteiger partial charge in [-0.3, -0.25) is 14.9 Å². The minimum atomic E-state index is -0.707. The monoisotopic (exact) mass is 294 g/mol. The Morgan fingerprint density at radius 2 is 2.15 bits per heavy atom. The van der Waals surface area contributed by atoms with Gasteiger partial charge in [0.1, 0.15) is 11.3 Å². The number of hydrogen-bond donors (Lipinski definition) is 2. The lowest BCUT2D eigenvalue weighted by Crippen LogP contribution is -2.13. The quantitative estimate of drug-likeness (QED) is 0.507. The molecule has 2 aromatic rings. The molecular weight excluding hydrogens is 288 g/mol. The van der Waals surface area contributed by atoms with E-state index in [2.05, 4.69) is 15.3 Å². The first-order valence-electron chi connectivity index (χ1n) is 5.23. The lowest BCUT2D eigenvalue weighted by Gasteiger charge is -2.06. The van der Waals surface area contributed by atoms with Crippen molar-refractivity contribution in [3.63, 3.8) is 0 Å². The highest BCUT2D eigenvalue weighted by molar-refractivity contribution is 6.29. The van der Waals surface area contributed by atoms with E-state index in [0.29, 0.717) is 0 Å². The third-order valence-electron chi connectivity index (χ3n) is 2.28. The van der Waals surface area contributed by atoms with E-state index in [9.17, 15) is 20.0 Å². The number of halogens is 1. The van der Waals surface area contributed by atoms with Crippen molar-refractivity contribution < 1.29 is 14.8 Å². The first kappa shape index (κ1) is 13.7. The van der Waals surface area contributed by atoms with E-state index in [0.717, 1.165) is 12.3 Å². The molecule has 0 radical (unpaired) electrons. The van der Waals surface area contributed by atoms with E-state index in [1.807, 2.05) is 0 Å². The van der Waals surface area contributed by atoms with Crippen molar-refractivity contribution in [2.45, 2.75) is 0 Å². The Balaban J connectivity index is 2.22. The van der Waals surface area contributed by atoms with Crippen molar-refractivity contribution in [1.29, 1.82) is 0 Å². The predicted octanol–water partition coefficient (Wildman–Crippen LogP) is 2.00. The van der Waals surface area contributed by atoms with E-state index in [1.54, 1.807) is 0 Å². The molecule has 0 atom stereocenters. The Labute approximate surface area is 117 Å². The van der Waals surface area contributed by atoms with Gasteiger partial charge < -0.3 is 10.4 Å². The molecule has 0 saturated carbocycles. The van der Waals surface area contributed by atoms with Crippen LogP contribution < -0.4 is 5.32 Å². The van der Waals surface area contributed by atoms with Crippen LogP contribution in [0.2, 0.25) is 5.15 Å². The van der Waals surface area contributed by atoms with E-state index in [4.69, 9.17) is 11.6 Å². The molecule has 102 valence electrons. The molecule has 0 bridgehead atoms. The number of nitro groups is 1. The van der Waals surface area contributed by atoms with Gasteiger partial charge >= 0.3 is 0 Å². The summed E-state index contributed by atoms with van der Waals surface area (Å²) >= 11 is 5.65. The average Bonchev–Trinajstić information content (AvgIpc) is 2.40. The van der Waals surface area contributed by atoms with Crippen molar-refractivity contribution in [3.8, 4) is 5.75 Å². The number of nitrogens with zero attached hydrogens (tertiary/aromatic N) is 3. The molecule has 0 saturated heterocycles. The molecule has 20 heavy (non-hydrogen) atoms. The summed E-state index contributed by atoms with van der Waals surface area (Å²) < 4.78 is 0. The van der Waals surface area contributed by atoms with Crippen LogP contribution in [-0.2, 0) is 0 Å². The highest BCUT2D eigenvalue weighted by Gasteiger charge is 2.14. The van der Waals surface area contributed by atoms with Crippen molar-refractivity contribution in [3.05, 3.63) is 51.4 Å².